The Balaban J connectivity index is 1.76. The summed E-state index contributed by atoms with van der Waals surface area (Å²) < 4.78 is 24.5. The molecule has 5 nitrogen and oxygen atoms in total. The summed E-state index contributed by atoms with van der Waals surface area (Å²) in [7, 11) is 1.35. The molecule has 2 heterocycles. The van der Waals surface area contributed by atoms with Crippen LogP contribution in [0.15, 0.2) is 39.7 Å². The van der Waals surface area contributed by atoms with Gasteiger partial charge in [0, 0.05) is 23.6 Å². The molecule has 1 aromatic carbocycles. The smallest absolute Gasteiger partial charge is 0.294 e. The third kappa shape index (κ3) is 1.99. The van der Waals surface area contributed by atoms with Crippen LogP contribution in [0.5, 0.6) is 5.75 Å². The van der Waals surface area contributed by atoms with Crippen LogP contribution in [0.3, 0.4) is 0 Å². The number of hydrogen-bond donors (Lipinski definition) is 0. The van der Waals surface area contributed by atoms with Gasteiger partial charge in [-0.25, -0.2) is 4.39 Å². The number of methoxy groups -OCH3 is 1. The van der Waals surface area contributed by atoms with Gasteiger partial charge in [0.05, 0.1) is 12.8 Å². The maximum Gasteiger partial charge on any atom is 0.294 e. The van der Waals surface area contributed by atoms with E-state index >= 15 is 0 Å². The minimum absolute atomic E-state index is 0.0369. The van der Waals surface area contributed by atoms with Gasteiger partial charge < -0.3 is 14.1 Å². The molecule has 1 fully saturated rings. The molecular formula is C18H16FNO4. The maximum atomic E-state index is 14.4. The summed E-state index contributed by atoms with van der Waals surface area (Å²) in [5.74, 6) is -0.758. The van der Waals surface area contributed by atoms with E-state index in [-0.39, 0.29) is 22.7 Å². The van der Waals surface area contributed by atoms with Gasteiger partial charge in [-0.15, -0.1) is 0 Å². The van der Waals surface area contributed by atoms with Crippen molar-refractivity contribution >= 4 is 11.6 Å². The number of rotatable bonds is 2. The molecule has 1 saturated carbocycles. The first-order valence-electron chi connectivity index (χ1n) is 7.83. The summed E-state index contributed by atoms with van der Waals surface area (Å²) in [6.45, 7) is 0.415. The molecule has 0 N–H and O–H groups in total. The number of fused-ring (bicyclic) bond motifs is 2. The third-order valence-electron chi connectivity index (χ3n) is 5.06. The van der Waals surface area contributed by atoms with E-state index in [1.165, 1.54) is 18.1 Å². The Morgan fingerprint density at radius 1 is 1.38 bits per heavy atom. The average Bonchev–Trinajstić information content (AvgIpc) is 2.91. The van der Waals surface area contributed by atoms with Crippen LogP contribution >= 0.6 is 0 Å². The molecule has 0 saturated heterocycles. The Hall–Kier alpha value is -2.63. The molecule has 1 aliphatic carbocycles. The van der Waals surface area contributed by atoms with E-state index in [4.69, 9.17) is 9.15 Å². The molecule has 1 amide bonds. The number of ether oxygens (including phenoxy) is 1. The molecule has 0 radical (unpaired) electrons. The van der Waals surface area contributed by atoms with E-state index in [1.807, 2.05) is 0 Å². The highest BCUT2D eigenvalue weighted by Crippen LogP contribution is 2.53. The molecular weight excluding hydrogens is 313 g/mol. The fourth-order valence-electron chi connectivity index (χ4n) is 3.72. The van der Waals surface area contributed by atoms with Crippen molar-refractivity contribution in [1.82, 2.24) is 0 Å². The molecule has 1 aliphatic heterocycles. The second kappa shape index (κ2) is 5.19. The van der Waals surface area contributed by atoms with Crippen molar-refractivity contribution in [1.29, 1.82) is 0 Å². The monoisotopic (exact) mass is 329 g/mol. The van der Waals surface area contributed by atoms with Crippen LogP contribution in [0.25, 0.3) is 0 Å². The van der Waals surface area contributed by atoms with E-state index < -0.39 is 11.3 Å². The van der Waals surface area contributed by atoms with Crippen molar-refractivity contribution in [2.75, 3.05) is 18.6 Å². The number of nitrogens with zero attached hydrogens (tertiary/aromatic N) is 1. The number of anilines is 1. The predicted octanol–water partition coefficient (Wildman–Crippen LogP) is 2.87. The Morgan fingerprint density at radius 2 is 2.17 bits per heavy atom. The van der Waals surface area contributed by atoms with Crippen LogP contribution in [-0.4, -0.2) is 19.6 Å². The van der Waals surface area contributed by atoms with E-state index in [0.29, 0.717) is 17.8 Å². The molecule has 24 heavy (non-hydrogen) atoms. The molecule has 1 spiro atoms. The van der Waals surface area contributed by atoms with Gasteiger partial charge in [0.1, 0.15) is 12.1 Å². The van der Waals surface area contributed by atoms with Crippen molar-refractivity contribution in [2.45, 2.75) is 24.7 Å². The zero-order valence-electron chi connectivity index (χ0n) is 13.2. The summed E-state index contributed by atoms with van der Waals surface area (Å²) in [5.41, 5.74) is 0.450. The molecule has 0 bridgehead atoms. The first kappa shape index (κ1) is 14.9. The maximum absolute atomic E-state index is 14.4. The van der Waals surface area contributed by atoms with Crippen LogP contribution in [-0.2, 0) is 5.41 Å². The number of hydrogen-bond acceptors (Lipinski definition) is 4. The highest BCUT2D eigenvalue weighted by atomic mass is 19.1. The minimum Gasteiger partial charge on any atom is -0.490 e. The normalized spacial score (nSPS) is 17.5. The topological polar surface area (TPSA) is 59.8 Å². The molecule has 0 unspecified atom stereocenters. The van der Waals surface area contributed by atoms with Crippen molar-refractivity contribution < 1.29 is 18.3 Å². The Kier molecular flexibility index (Phi) is 3.23. The third-order valence-corrected chi connectivity index (χ3v) is 5.06. The van der Waals surface area contributed by atoms with Crippen LogP contribution in [0.1, 0.15) is 35.4 Å². The lowest BCUT2D eigenvalue weighted by Crippen LogP contribution is -2.41. The van der Waals surface area contributed by atoms with E-state index in [9.17, 15) is 14.0 Å². The van der Waals surface area contributed by atoms with Crippen LogP contribution < -0.4 is 15.1 Å². The van der Waals surface area contributed by atoms with Gasteiger partial charge in [-0.2, -0.15) is 0 Å². The van der Waals surface area contributed by atoms with Crippen molar-refractivity contribution in [2.24, 2.45) is 0 Å². The van der Waals surface area contributed by atoms with Gasteiger partial charge in [0.15, 0.2) is 5.76 Å². The zero-order valence-corrected chi connectivity index (χ0v) is 13.2. The van der Waals surface area contributed by atoms with Gasteiger partial charge in [-0.3, -0.25) is 9.59 Å². The summed E-state index contributed by atoms with van der Waals surface area (Å²) in [5, 5.41) is 0. The Labute approximate surface area is 137 Å². The number of carbonyl (C=O) groups is 1. The first-order valence-corrected chi connectivity index (χ1v) is 7.83. The fourth-order valence-corrected chi connectivity index (χ4v) is 3.72. The highest BCUT2D eigenvalue weighted by Gasteiger charge is 2.50. The van der Waals surface area contributed by atoms with Gasteiger partial charge >= 0.3 is 0 Å². The number of benzene rings is 1. The van der Waals surface area contributed by atoms with Gasteiger partial charge in [-0.1, -0.05) is 12.5 Å². The molecule has 2 aliphatic rings. The highest BCUT2D eigenvalue weighted by molar-refractivity contribution is 6.06. The number of carbonyl (C=O) groups excluding carboxylic acids is 1. The van der Waals surface area contributed by atoms with Gasteiger partial charge in [0.2, 0.25) is 11.2 Å². The molecule has 1 aromatic heterocycles. The summed E-state index contributed by atoms with van der Waals surface area (Å²) in [4.78, 5) is 26.2. The summed E-state index contributed by atoms with van der Waals surface area (Å²) in [6, 6.07) is 5.88. The van der Waals surface area contributed by atoms with E-state index in [0.717, 1.165) is 31.6 Å². The molecule has 124 valence electrons. The first-order chi connectivity index (χ1) is 11.6. The largest absolute Gasteiger partial charge is 0.490 e. The molecule has 0 atom stereocenters. The van der Waals surface area contributed by atoms with Crippen LogP contribution in [0, 0.1) is 5.82 Å². The SMILES string of the molecule is COc1coc(C(=O)N2CC3(CCC3)c3c(F)cccc32)cc1=O. The average molecular weight is 329 g/mol. The van der Waals surface area contributed by atoms with Gasteiger partial charge in [0.25, 0.3) is 5.91 Å². The second-order valence-electron chi connectivity index (χ2n) is 6.34. The standard InChI is InChI=1S/C18H16FNO4/c1-23-15-9-24-14(8-13(15)21)17(22)20-10-18(6-3-7-18)16-11(19)4-2-5-12(16)20/h2,4-5,8-9H,3,6-7,10H2,1H3. The quantitative estimate of drug-likeness (QED) is 0.850. The lowest BCUT2D eigenvalue weighted by molar-refractivity contribution is 0.0949. The van der Waals surface area contributed by atoms with Crippen LogP contribution in [0.4, 0.5) is 10.1 Å². The van der Waals surface area contributed by atoms with E-state index in [2.05, 4.69) is 0 Å². The second-order valence-corrected chi connectivity index (χ2v) is 6.34. The lowest BCUT2D eigenvalue weighted by atomic mass is 9.65. The number of amides is 1. The summed E-state index contributed by atoms with van der Waals surface area (Å²) >= 11 is 0. The Morgan fingerprint density at radius 3 is 2.79 bits per heavy atom. The van der Waals surface area contributed by atoms with Gasteiger partial charge in [-0.05, 0) is 25.0 Å². The predicted molar refractivity (Wildman–Crippen MR) is 85.1 cm³/mol. The molecule has 6 heteroatoms. The Bertz CT molecular complexity index is 885. The van der Waals surface area contributed by atoms with Crippen LogP contribution in [0.2, 0.25) is 0 Å². The molecule has 2 aromatic rings. The number of halogens is 1. The van der Waals surface area contributed by atoms with Crippen molar-refractivity contribution in [3.8, 4) is 5.75 Å². The molecule has 4 rings (SSSR count). The van der Waals surface area contributed by atoms with Crippen molar-refractivity contribution in [3.05, 3.63) is 57.9 Å². The van der Waals surface area contributed by atoms with Crippen molar-refractivity contribution in [3.63, 3.8) is 0 Å². The minimum atomic E-state index is -0.439. The zero-order chi connectivity index (χ0) is 16.9. The van der Waals surface area contributed by atoms with E-state index in [1.54, 1.807) is 12.1 Å². The fraction of sp³-hybridized carbons (Fsp3) is 0.333. The summed E-state index contributed by atoms with van der Waals surface area (Å²) in [6.07, 6.45) is 3.86. The lowest BCUT2D eigenvalue weighted by Gasteiger charge is -2.38.